The van der Waals surface area contributed by atoms with Gasteiger partial charge < -0.3 is 3.87 Å². The minimum Gasteiger partial charge on any atom is -0.310 e. The number of hydrogen-bond acceptors (Lipinski definition) is 3. The largest absolute Gasteiger partial charge is 0.460 e. The van der Waals surface area contributed by atoms with Crippen LogP contribution in [-0.2, 0) is 14.0 Å². The zero-order chi connectivity index (χ0) is 32.3. The van der Waals surface area contributed by atoms with Crippen LogP contribution in [0.25, 0.3) is 0 Å². The van der Waals surface area contributed by atoms with E-state index in [1.54, 1.807) is 0 Å². The monoisotopic (exact) mass is 664 g/mol. The van der Waals surface area contributed by atoms with Gasteiger partial charge in [0.15, 0.2) is 0 Å². The summed E-state index contributed by atoms with van der Waals surface area (Å²) >= 11 is 0. The van der Waals surface area contributed by atoms with Gasteiger partial charge in [0.1, 0.15) is 0 Å². The third-order valence-corrected chi connectivity index (χ3v) is 12.7. The summed E-state index contributed by atoms with van der Waals surface area (Å²) in [6, 6.07) is -1.71. The van der Waals surface area contributed by atoms with Gasteiger partial charge >= 0.3 is 63.0 Å². The minimum atomic E-state index is -9.12. The fourth-order valence-electron chi connectivity index (χ4n) is 2.72. The second-order valence-electron chi connectivity index (χ2n) is 7.82. The van der Waals surface area contributed by atoms with Gasteiger partial charge in [-0.15, -0.1) is 0 Å². The summed E-state index contributed by atoms with van der Waals surface area (Å²) in [6.07, 6.45) is -7.98. The van der Waals surface area contributed by atoms with Crippen LogP contribution in [0, 0.1) is 0 Å². The molecule has 0 amide bonds. The van der Waals surface area contributed by atoms with Crippen molar-refractivity contribution in [1.29, 1.82) is 0 Å². The lowest BCUT2D eigenvalue weighted by Crippen LogP contribution is -2.76. The molecule has 0 aliphatic carbocycles. The maximum Gasteiger partial charge on any atom is 0.460 e. The molecule has 0 rings (SSSR count). The highest BCUT2D eigenvalue weighted by atomic mass is 32.2. The van der Waals surface area contributed by atoms with Crippen molar-refractivity contribution >= 4 is 18.4 Å². The molecule has 0 saturated carbocycles. The Morgan fingerprint density at radius 2 is 0.692 bits per heavy atom. The van der Waals surface area contributed by atoms with Crippen LogP contribution in [0.5, 0.6) is 0 Å². The smallest absolute Gasteiger partial charge is 0.310 e. The van der Waals surface area contributed by atoms with Crippen LogP contribution in [0.4, 0.5) is 83.4 Å². The summed E-state index contributed by atoms with van der Waals surface area (Å²) in [5, 5.41) is -7.74. The Balaban J connectivity index is 7.16. The number of alkyl halides is 19. The van der Waals surface area contributed by atoms with Gasteiger partial charge in [0, 0.05) is 0 Å². The van der Waals surface area contributed by atoms with Gasteiger partial charge in [0.05, 0.1) is 0 Å². The summed E-state index contributed by atoms with van der Waals surface area (Å²) in [5.74, 6) is -61.9. The maximum absolute atomic E-state index is 14.1. The van der Waals surface area contributed by atoms with E-state index in [2.05, 4.69) is 3.87 Å². The first kappa shape index (κ1) is 37.8. The molecule has 236 valence electrons. The van der Waals surface area contributed by atoms with E-state index in [0.717, 1.165) is 20.8 Å². The van der Waals surface area contributed by atoms with E-state index in [1.165, 1.54) is 0 Å². The first-order chi connectivity index (χ1) is 16.6. The van der Waals surface area contributed by atoms with E-state index in [0.29, 0.717) is 0 Å². The average Bonchev–Trinajstić information content (AvgIpc) is 2.75. The lowest BCUT2D eigenvalue weighted by molar-refractivity contribution is -0.466. The number of halogens is 19. The van der Waals surface area contributed by atoms with Crippen LogP contribution in [0.15, 0.2) is 0 Å². The van der Waals surface area contributed by atoms with Crippen molar-refractivity contribution in [2.45, 2.75) is 91.8 Å². The number of hydrogen-bond donors (Lipinski definition) is 0. The summed E-state index contributed by atoms with van der Waals surface area (Å²) in [7, 11) is -11.8. The first-order valence-electron chi connectivity index (χ1n) is 9.68. The van der Waals surface area contributed by atoms with Crippen molar-refractivity contribution in [1.82, 2.24) is 0 Å². The van der Waals surface area contributed by atoms with Crippen molar-refractivity contribution in [2.75, 3.05) is 0 Å². The van der Waals surface area contributed by atoms with Gasteiger partial charge in [-0.05, 0) is 18.1 Å². The molecule has 0 spiro atoms. The normalized spacial score (nSPS) is 16.6. The van der Waals surface area contributed by atoms with Crippen molar-refractivity contribution in [3.05, 3.63) is 0 Å². The van der Waals surface area contributed by atoms with Crippen LogP contribution in [0.2, 0.25) is 18.1 Å². The summed E-state index contributed by atoms with van der Waals surface area (Å²) in [5.41, 5.74) is 0. The Bertz CT molecular complexity index is 976. The summed E-state index contributed by atoms with van der Waals surface area (Å²) < 4.78 is 281. The molecule has 0 fully saturated rings. The van der Waals surface area contributed by atoms with Crippen molar-refractivity contribution in [3.8, 4) is 0 Å². The lowest BCUT2D eigenvalue weighted by atomic mass is 9.89. The second-order valence-corrected chi connectivity index (χ2v) is 14.4. The van der Waals surface area contributed by atoms with Gasteiger partial charge in [0.2, 0.25) is 8.32 Å². The molecule has 0 atom stereocenters. The lowest BCUT2D eigenvalue weighted by Gasteiger charge is -2.43. The van der Waals surface area contributed by atoms with Crippen LogP contribution in [-0.4, -0.2) is 69.6 Å². The van der Waals surface area contributed by atoms with E-state index in [-0.39, 0.29) is 0 Å². The summed E-state index contributed by atoms with van der Waals surface area (Å²) in [4.78, 5) is 0. The molecule has 39 heavy (non-hydrogen) atoms. The molecule has 0 aliphatic rings. The van der Waals surface area contributed by atoms with E-state index in [9.17, 15) is 91.8 Å². The van der Waals surface area contributed by atoms with Crippen molar-refractivity contribution in [2.24, 2.45) is 0 Å². The van der Waals surface area contributed by atoms with Crippen molar-refractivity contribution < 1.29 is 95.7 Å². The second kappa shape index (κ2) is 9.96. The third-order valence-electron chi connectivity index (χ3n) is 5.62. The fraction of sp³-hybridized carbons (Fsp3) is 1.00. The van der Waals surface area contributed by atoms with Gasteiger partial charge in [0.25, 0.3) is 0 Å². The molecule has 0 bridgehead atoms. The summed E-state index contributed by atoms with van der Waals surface area (Å²) in [6.45, 7) is 2.98. The van der Waals surface area contributed by atoms with Gasteiger partial charge in [-0.25, -0.2) is 0 Å². The van der Waals surface area contributed by atoms with Gasteiger partial charge in [-0.3, -0.25) is 0 Å². The molecular weight excluding hydrogens is 649 g/mol. The molecule has 0 heterocycles. The molecule has 0 radical (unpaired) electrons. The quantitative estimate of drug-likeness (QED) is 0.148. The molecule has 3 nitrogen and oxygen atoms in total. The van der Waals surface area contributed by atoms with Crippen LogP contribution < -0.4 is 0 Å². The van der Waals surface area contributed by atoms with E-state index < -0.39 is 89.5 Å². The Hall–Kier alpha value is -1.20. The predicted octanol–water partition coefficient (Wildman–Crippen LogP) is 7.94. The van der Waals surface area contributed by atoms with Crippen molar-refractivity contribution in [3.63, 3.8) is 0 Å². The standard InChI is InChI=1S/C15H15F19O3SSi/c1-4-39(5-2,6-3)37-38(35,36)15(33,34)13(28,29)11(24,25)9(20,21)7(16,17)8(18,19)10(22,23)12(26,27)14(30,31)32/h4-6H2,1-3H3. The van der Waals surface area contributed by atoms with Gasteiger partial charge in [-0.1, -0.05) is 20.8 Å². The molecular formula is C15H15F19O3SSi. The van der Waals surface area contributed by atoms with E-state index in [1.807, 2.05) is 0 Å². The Kier molecular flexibility index (Phi) is 9.66. The van der Waals surface area contributed by atoms with E-state index >= 15 is 0 Å². The zero-order valence-corrected chi connectivity index (χ0v) is 20.8. The molecule has 0 saturated heterocycles. The topological polar surface area (TPSA) is 43.4 Å². The minimum absolute atomic E-state index is 0.569. The SMILES string of the molecule is CC[Si](CC)(CC)OS(=O)(=O)C(F)(F)C(F)(F)C(F)(F)C(F)(F)C(F)(F)C(F)(F)C(F)(F)C(F)(F)C(F)(F)F. The molecule has 0 N–H and O–H groups in total. The molecule has 0 unspecified atom stereocenters. The number of rotatable bonds is 13. The van der Waals surface area contributed by atoms with Crippen LogP contribution in [0.3, 0.4) is 0 Å². The Morgan fingerprint density at radius 3 is 0.923 bits per heavy atom. The highest BCUT2D eigenvalue weighted by Gasteiger charge is 2.97. The first-order valence-corrected chi connectivity index (χ1v) is 13.6. The highest BCUT2D eigenvalue weighted by molar-refractivity contribution is 7.89. The molecule has 24 heteroatoms. The average molecular weight is 664 g/mol. The van der Waals surface area contributed by atoms with E-state index in [4.69, 9.17) is 0 Å². The van der Waals surface area contributed by atoms with Crippen LogP contribution in [0.1, 0.15) is 20.8 Å². The third kappa shape index (κ3) is 4.96. The predicted molar refractivity (Wildman–Crippen MR) is 92.8 cm³/mol. The van der Waals surface area contributed by atoms with Gasteiger partial charge in [-0.2, -0.15) is 91.8 Å². The maximum atomic E-state index is 14.1. The van der Waals surface area contributed by atoms with Crippen LogP contribution >= 0.6 is 0 Å². The Morgan fingerprint density at radius 1 is 0.462 bits per heavy atom. The molecule has 0 aliphatic heterocycles. The Labute approximate surface area is 206 Å². The zero-order valence-electron chi connectivity index (χ0n) is 18.9. The fourth-order valence-corrected chi connectivity index (χ4v) is 8.35. The molecule has 0 aromatic heterocycles. The molecule has 0 aromatic rings. The molecule has 0 aromatic carbocycles. The highest BCUT2D eigenvalue weighted by Crippen LogP contribution is 2.65.